The molecule has 0 bridgehead atoms. The standard InChI is InChI=1S/C26H20F5N3O4S2/c27-20-10-15-3-4-16(34-22(15)12-21(20)28)13-37-17-5-6-24-19(11-17)25(18-2-1-7-32-23(18)14-38-24)39-9-8-33-40(35,36)26(29,30)31/h1-7,10-12,25,33H,8-9,13-14H2. The highest BCUT2D eigenvalue weighted by molar-refractivity contribution is 7.99. The van der Waals surface area contributed by atoms with E-state index < -0.39 is 39.0 Å². The average molecular weight is 598 g/mol. The quantitative estimate of drug-likeness (QED) is 0.208. The topological polar surface area (TPSA) is 90.4 Å². The fourth-order valence-electron chi connectivity index (χ4n) is 4.09. The van der Waals surface area contributed by atoms with Crippen molar-refractivity contribution in [2.45, 2.75) is 24.0 Å². The smallest absolute Gasteiger partial charge is 0.487 e. The van der Waals surface area contributed by atoms with E-state index >= 15 is 0 Å². The first-order valence-electron chi connectivity index (χ1n) is 11.8. The van der Waals surface area contributed by atoms with Gasteiger partial charge >= 0.3 is 15.5 Å². The molecular weight excluding hydrogens is 577 g/mol. The van der Waals surface area contributed by atoms with Gasteiger partial charge in [-0.25, -0.2) is 26.9 Å². The van der Waals surface area contributed by atoms with Crippen molar-refractivity contribution in [2.75, 3.05) is 12.3 Å². The number of alkyl halides is 3. The minimum Gasteiger partial charge on any atom is -0.487 e. The molecule has 1 N–H and O–H groups in total. The van der Waals surface area contributed by atoms with Crippen molar-refractivity contribution < 1.29 is 39.8 Å². The van der Waals surface area contributed by atoms with Crippen LogP contribution in [0.1, 0.15) is 27.8 Å². The van der Waals surface area contributed by atoms with Gasteiger partial charge in [0.05, 0.1) is 22.2 Å². The summed E-state index contributed by atoms with van der Waals surface area (Å²) in [6.07, 6.45) is 1.60. The number of aromatic nitrogens is 2. The summed E-state index contributed by atoms with van der Waals surface area (Å²) in [5.41, 5.74) is -2.57. The Kier molecular flexibility index (Phi) is 7.84. The molecule has 5 rings (SSSR count). The number of fused-ring (bicyclic) bond motifs is 3. The minimum atomic E-state index is -5.45. The zero-order valence-electron chi connectivity index (χ0n) is 20.4. The normalized spacial score (nSPS) is 15.2. The number of nitrogens with zero attached hydrogens (tertiary/aromatic N) is 2. The molecule has 0 fully saturated rings. The number of hydrogen-bond acceptors (Lipinski definition) is 7. The summed E-state index contributed by atoms with van der Waals surface area (Å²) in [5, 5.41) is -0.00805. The summed E-state index contributed by atoms with van der Waals surface area (Å²) >= 11 is 1.23. The molecule has 1 atom stereocenters. The average Bonchev–Trinajstić information content (AvgIpc) is 3.06. The maximum absolute atomic E-state index is 13.6. The van der Waals surface area contributed by atoms with Crippen molar-refractivity contribution in [3.05, 3.63) is 94.9 Å². The second-order valence-electron chi connectivity index (χ2n) is 8.67. The molecule has 0 aliphatic carbocycles. The van der Waals surface area contributed by atoms with Crippen molar-refractivity contribution in [1.82, 2.24) is 14.7 Å². The lowest BCUT2D eigenvalue weighted by molar-refractivity contribution is -0.0447. The first-order valence-corrected chi connectivity index (χ1v) is 14.3. The number of pyridine rings is 2. The molecule has 1 aliphatic rings. The van der Waals surface area contributed by atoms with E-state index in [-0.39, 0.29) is 24.5 Å². The fraction of sp³-hybridized carbons (Fsp3) is 0.231. The van der Waals surface area contributed by atoms with Crippen LogP contribution in [-0.4, -0.2) is 36.2 Å². The molecule has 3 heterocycles. The third-order valence-electron chi connectivity index (χ3n) is 6.00. The summed E-state index contributed by atoms with van der Waals surface area (Å²) in [4.78, 5) is 8.68. The van der Waals surface area contributed by atoms with Crippen LogP contribution in [0.5, 0.6) is 11.5 Å². The molecule has 40 heavy (non-hydrogen) atoms. The highest BCUT2D eigenvalue weighted by Gasteiger charge is 2.45. The highest BCUT2D eigenvalue weighted by Crippen LogP contribution is 2.45. The Labute approximate surface area is 229 Å². The maximum Gasteiger partial charge on any atom is 0.511 e. The Hall–Kier alpha value is -3.49. The third-order valence-corrected chi connectivity index (χ3v) is 8.47. The molecule has 1 unspecified atom stereocenters. The lowest BCUT2D eigenvalue weighted by Crippen LogP contribution is -2.37. The van der Waals surface area contributed by atoms with Crippen LogP contribution in [0.3, 0.4) is 0 Å². The van der Waals surface area contributed by atoms with E-state index in [0.717, 1.165) is 17.7 Å². The Bertz CT molecular complexity index is 1670. The first kappa shape index (κ1) is 28.1. The number of benzene rings is 2. The molecule has 7 nitrogen and oxygen atoms in total. The van der Waals surface area contributed by atoms with E-state index in [4.69, 9.17) is 9.47 Å². The number of rotatable bonds is 8. The van der Waals surface area contributed by atoms with E-state index in [1.807, 2.05) is 6.07 Å². The zero-order valence-corrected chi connectivity index (χ0v) is 22.0. The summed E-state index contributed by atoms with van der Waals surface area (Å²) in [6, 6.07) is 14.0. The monoisotopic (exact) mass is 597 g/mol. The van der Waals surface area contributed by atoms with Gasteiger partial charge in [0.2, 0.25) is 0 Å². The van der Waals surface area contributed by atoms with Gasteiger partial charge in [0.15, 0.2) is 11.6 Å². The number of hydrogen-bond donors (Lipinski definition) is 1. The first-order chi connectivity index (χ1) is 19.0. The van der Waals surface area contributed by atoms with Gasteiger partial charge < -0.3 is 9.47 Å². The van der Waals surface area contributed by atoms with Gasteiger partial charge in [0, 0.05) is 35.5 Å². The maximum atomic E-state index is 13.6. The van der Waals surface area contributed by atoms with Gasteiger partial charge in [-0.15, -0.1) is 11.8 Å². The van der Waals surface area contributed by atoms with Crippen molar-refractivity contribution in [1.29, 1.82) is 0 Å². The molecule has 4 aromatic rings. The van der Waals surface area contributed by atoms with Gasteiger partial charge in [-0.2, -0.15) is 13.2 Å². The molecule has 0 spiro atoms. The molecule has 0 radical (unpaired) electrons. The van der Waals surface area contributed by atoms with E-state index in [1.165, 1.54) is 11.8 Å². The Balaban J connectivity index is 1.36. The fourth-order valence-corrected chi connectivity index (χ4v) is 5.97. The van der Waals surface area contributed by atoms with Crippen LogP contribution >= 0.6 is 11.8 Å². The Morgan fingerprint density at radius 1 is 1.05 bits per heavy atom. The second-order valence-corrected chi connectivity index (χ2v) is 11.6. The summed E-state index contributed by atoms with van der Waals surface area (Å²) in [6.45, 7) is -0.258. The molecule has 1 aliphatic heterocycles. The number of thioether (sulfide) groups is 1. The number of nitrogens with one attached hydrogen (secondary N) is 1. The Morgan fingerprint density at radius 2 is 1.85 bits per heavy atom. The largest absolute Gasteiger partial charge is 0.511 e. The van der Waals surface area contributed by atoms with Crippen molar-refractivity contribution in [3.8, 4) is 11.5 Å². The minimum absolute atomic E-state index is 0.0176. The van der Waals surface area contributed by atoms with Gasteiger partial charge in [0.25, 0.3) is 0 Å². The molecule has 14 heteroatoms. The van der Waals surface area contributed by atoms with Crippen molar-refractivity contribution in [2.24, 2.45) is 0 Å². The van der Waals surface area contributed by atoms with Crippen molar-refractivity contribution >= 4 is 32.7 Å². The molecule has 0 saturated carbocycles. The molecule has 210 valence electrons. The van der Waals surface area contributed by atoms with Gasteiger partial charge in [-0.1, -0.05) is 12.1 Å². The lowest BCUT2D eigenvalue weighted by atomic mass is 10.0. The molecule has 2 aromatic carbocycles. The van der Waals surface area contributed by atoms with Gasteiger partial charge in [0.1, 0.15) is 24.7 Å². The van der Waals surface area contributed by atoms with Crippen LogP contribution in [0.25, 0.3) is 10.9 Å². The highest BCUT2D eigenvalue weighted by atomic mass is 32.2. The third kappa shape index (κ3) is 5.98. The number of sulfonamides is 1. The van der Waals surface area contributed by atoms with Crippen LogP contribution in [0.4, 0.5) is 22.0 Å². The number of ether oxygens (including phenoxy) is 2. The zero-order chi connectivity index (χ0) is 28.5. The lowest BCUT2D eigenvalue weighted by Gasteiger charge is -2.19. The van der Waals surface area contributed by atoms with Crippen molar-refractivity contribution in [3.63, 3.8) is 0 Å². The van der Waals surface area contributed by atoms with Crippen LogP contribution < -0.4 is 14.2 Å². The summed E-state index contributed by atoms with van der Waals surface area (Å²) < 4.78 is 101. The van der Waals surface area contributed by atoms with E-state index in [2.05, 4.69) is 9.97 Å². The van der Waals surface area contributed by atoms with Crippen LogP contribution in [-0.2, 0) is 23.2 Å². The summed E-state index contributed by atoms with van der Waals surface area (Å²) in [7, 11) is -5.45. The van der Waals surface area contributed by atoms with Crippen LogP contribution in [0, 0.1) is 11.6 Å². The van der Waals surface area contributed by atoms with Crippen LogP contribution in [0.2, 0.25) is 0 Å². The molecule has 2 aromatic heterocycles. The van der Waals surface area contributed by atoms with E-state index in [9.17, 15) is 30.4 Å². The molecule has 0 amide bonds. The van der Waals surface area contributed by atoms with Crippen LogP contribution in [0.15, 0.2) is 60.8 Å². The van der Waals surface area contributed by atoms with E-state index in [0.29, 0.717) is 33.8 Å². The van der Waals surface area contributed by atoms with Gasteiger partial charge in [-0.3, -0.25) is 4.98 Å². The molecular formula is C26H20F5N3O4S2. The molecule has 0 saturated heterocycles. The predicted octanol–water partition coefficient (Wildman–Crippen LogP) is 5.64. The Morgan fingerprint density at radius 3 is 2.65 bits per heavy atom. The predicted molar refractivity (Wildman–Crippen MR) is 138 cm³/mol. The van der Waals surface area contributed by atoms with Gasteiger partial charge in [-0.05, 0) is 42.0 Å². The second kappa shape index (κ2) is 11.2. The number of halogens is 5. The summed E-state index contributed by atoms with van der Waals surface area (Å²) in [5.74, 6) is -0.997. The van der Waals surface area contributed by atoms with E-state index in [1.54, 1.807) is 47.3 Å². The SMILES string of the molecule is O=S(=O)(NCCSC1c2cc(OCc3ccc4cc(F)c(F)cc4n3)ccc2OCc2ncccc21)C(F)(F)F.